The summed E-state index contributed by atoms with van der Waals surface area (Å²) in [7, 11) is 1.22. The molecule has 4 rings (SSSR count). The second kappa shape index (κ2) is 8.57. The van der Waals surface area contributed by atoms with E-state index >= 15 is 0 Å². The van der Waals surface area contributed by atoms with Gasteiger partial charge in [-0.15, -0.1) is 0 Å². The molecule has 1 fully saturated rings. The maximum Gasteiger partial charge on any atom is 0.239 e. The number of ether oxygens (including phenoxy) is 3. The van der Waals surface area contributed by atoms with Crippen molar-refractivity contribution in [2.75, 3.05) is 7.11 Å². The molecule has 12 heteroatoms. The van der Waals surface area contributed by atoms with Gasteiger partial charge in [0, 0.05) is 11.6 Å². The third-order valence-electron chi connectivity index (χ3n) is 5.54. The number of aromatic hydroxyl groups is 4. The first-order chi connectivity index (χ1) is 16.0. The fraction of sp³-hybridized carbons (Fsp3) is 0.318. The predicted molar refractivity (Wildman–Crippen MR) is 114 cm³/mol. The van der Waals surface area contributed by atoms with E-state index in [-0.39, 0.29) is 17.1 Å². The lowest BCUT2D eigenvalue weighted by atomic mass is 10.00. The van der Waals surface area contributed by atoms with Gasteiger partial charge in [-0.2, -0.15) is 0 Å². The Kier molecular flexibility index (Phi) is 5.91. The summed E-state index contributed by atoms with van der Waals surface area (Å²) in [6, 6.07) is 4.40. The molecule has 0 aliphatic carbocycles. The molecule has 1 aliphatic rings. The zero-order valence-electron chi connectivity index (χ0n) is 17.9. The van der Waals surface area contributed by atoms with Gasteiger partial charge in [-0.25, -0.2) is 0 Å². The molecule has 12 nitrogen and oxygen atoms in total. The highest BCUT2D eigenvalue weighted by atomic mass is 16.7. The van der Waals surface area contributed by atoms with Crippen molar-refractivity contribution in [2.45, 2.75) is 37.6 Å². The molecule has 0 saturated carbocycles. The second-order valence-electron chi connectivity index (χ2n) is 7.74. The molecule has 1 saturated heterocycles. The molecule has 34 heavy (non-hydrogen) atoms. The SMILES string of the molecule is COc1cc(O)c2c(=O)c(O[C@@H]3O[C@H](C)[C@H](O)[C@@H](O)[C@H]3O)c(-c3ccc(O)c(O)c3)oc2c1O. The van der Waals surface area contributed by atoms with E-state index in [1.807, 2.05) is 0 Å². The minimum absolute atomic E-state index is 0.00457. The van der Waals surface area contributed by atoms with Crippen LogP contribution in [0.5, 0.6) is 34.5 Å². The molecular weight excluding hydrogens is 456 g/mol. The summed E-state index contributed by atoms with van der Waals surface area (Å²) in [6.45, 7) is 1.41. The van der Waals surface area contributed by atoms with Crippen LogP contribution in [0.3, 0.4) is 0 Å². The lowest BCUT2D eigenvalue weighted by Gasteiger charge is -2.38. The van der Waals surface area contributed by atoms with Crippen molar-refractivity contribution in [1.29, 1.82) is 0 Å². The van der Waals surface area contributed by atoms with Crippen LogP contribution in [-0.2, 0) is 4.74 Å². The van der Waals surface area contributed by atoms with E-state index in [0.29, 0.717) is 0 Å². The van der Waals surface area contributed by atoms with Gasteiger partial charge >= 0.3 is 0 Å². The van der Waals surface area contributed by atoms with Crippen LogP contribution in [0, 0.1) is 0 Å². The summed E-state index contributed by atoms with van der Waals surface area (Å²) in [6.07, 6.45) is -7.50. The van der Waals surface area contributed by atoms with Crippen molar-refractivity contribution in [2.24, 2.45) is 0 Å². The molecule has 2 heterocycles. The van der Waals surface area contributed by atoms with E-state index in [0.717, 1.165) is 18.2 Å². The topological polar surface area (TPSA) is 200 Å². The lowest BCUT2D eigenvalue weighted by Crippen LogP contribution is -2.58. The van der Waals surface area contributed by atoms with Gasteiger partial charge in [0.05, 0.1) is 13.2 Å². The Morgan fingerprint density at radius 2 is 1.62 bits per heavy atom. The minimum atomic E-state index is -1.78. The molecule has 2 aromatic carbocycles. The molecule has 0 bridgehead atoms. The first-order valence-corrected chi connectivity index (χ1v) is 10.0. The van der Waals surface area contributed by atoms with Crippen molar-refractivity contribution in [3.8, 4) is 45.8 Å². The normalized spacial score (nSPS) is 24.8. The Morgan fingerprint density at radius 1 is 0.912 bits per heavy atom. The molecule has 0 radical (unpaired) electrons. The number of rotatable bonds is 4. The third kappa shape index (κ3) is 3.72. The zero-order valence-corrected chi connectivity index (χ0v) is 17.9. The van der Waals surface area contributed by atoms with Crippen LogP contribution in [0.15, 0.2) is 33.5 Å². The van der Waals surface area contributed by atoms with Crippen molar-refractivity contribution in [3.63, 3.8) is 0 Å². The van der Waals surface area contributed by atoms with E-state index in [1.54, 1.807) is 0 Å². The van der Waals surface area contributed by atoms with Crippen molar-refractivity contribution >= 4 is 11.0 Å². The van der Waals surface area contributed by atoms with Gasteiger partial charge in [-0.1, -0.05) is 0 Å². The van der Waals surface area contributed by atoms with Gasteiger partial charge in [0.1, 0.15) is 29.4 Å². The lowest BCUT2D eigenvalue weighted by molar-refractivity contribution is -0.268. The second-order valence-corrected chi connectivity index (χ2v) is 7.74. The highest BCUT2D eigenvalue weighted by molar-refractivity contribution is 5.93. The number of benzene rings is 2. The highest BCUT2D eigenvalue weighted by Crippen LogP contribution is 2.44. The fourth-order valence-electron chi connectivity index (χ4n) is 3.64. The number of phenolic OH excluding ortho intramolecular Hbond substituents is 4. The number of hydrogen-bond donors (Lipinski definition) is 7. The quantitative estimate of drug-likeness (QED) is 0.203. The molecule has 0 unspecified atom stereocenters. The Morgan fingerprint density at radius 3 is 2.26 bits per heavy atom. The molecule has 182 valence electrons. The Balaban J connectivity index is 1.97. The smallest absolute Gasteiger partial charge is 0.239 e. The monoisotopic (exact) mass is 478 g/mol. The number of methoxy groups -OCH3 is 1. The predicted octanol–water partition coefficient (Wildman–Crippen LogP) is 0.497. The van der Waals surface area contributed by atoms with Crippen molar-refractivity contribution < 1.29 is 54.4 Å². The number of aliphatic hydroxyl groups excluding tert-OH is 3. The van der Waals surface area contributed by atoms with E-state index < -0.39 is 75.9 Å². The average Bonchev–Trinajstić information content (AvgIpc) is 2.81. The van der Waals surface area contributed by atoms with Crippen LogP contribution in [-0.4, -0.2) is 73.6 Å². The van der Waals surface area contributed by atoms with Crippen molar-refractivity contribution in [1.82, 2.24) is 0 Å². The van der Waals surface area contributed by atoms with Gasteiger partial charge in [-0.3, -0.25) is 4.79 Å². The standard InChI is InChI=1S/C22H22O12/c1-7-14(26)17(29)18(30)22(32-7)34-21-16(28)13-11(25)6-12(31-2)15(27)20(13)33-19(21)8-3-4-9(23)10(24)5-8/h3-7,14,17-18,22-27,29-30H,1-2H3/t7-,14+,17-,18-,22+/m1/s1. The Labute approximate surface area is 191 Å². The number of phenols is 4. The van der Waals surface area contributed by atoms with Crippen LogP contribution in [0.1, 0.15) is 6.92 Å². The van der Waals surface area contributed by atoms with Gasteiger partial charge in [0.2, 0.25) is 23.2 Å². The Bertz CT molecular complexity index is 1300. The third-order valence-corrected chi connectivity index (χ3v) is 5.54. The molecule has 1 aliphatic heterocycles. The first kappa shape index (κ1) is 23.4. The van der Waals surface area contributed by atoms with Crippen LogP contribution >= 0.6 is 0 Å². The van der Waals surface area contributed by atoms with Crippen LogP contribution < -0.4 is 14.9 Å². The van der Waals surface area contributed by atoms with E-state index in [4.69, 9.17) is 18.6 Å². The summed E-state index contributed by atoms with van der Waals surface area (Å²) in [5.41, 5.74) is -1.46. The van der Waals surface area contributed by atoms with Gasteiger partial charge < -0.3 is 54.4 Å². The number of fused-ring (bicyclic) bond motifs is 1. The number of aliphatic hydroxyl groups is 3. The maximum atomic E-state index is 13.4. The van der Waals surface area contributed by atoms with E-state index in [1.165, 1.54) is 20.1 Å². The molecule has 5 atom stereocenters. The van der Waals surface area contributed by atoms with Crippen LogP contribution in [0.2, 0.25) is 0 Å². The maximum absolute atomic E-state index is 13.4. The molecule has 7 N–H and O–H groups in total. The highest BCUT2D eigenvalue weighted by Gasteiger charge is 2.44. The minimum Gasteiger partial charge on any atom is -0.507 e. The summed E-state index contributed by atoms with van der Waals surface area (Å²) in [4.78, 5) is 13.4. The van der Waals surface area contributed by atoms with Crippen LogP contribution in [0.25, 0.3) is 22.3 Å². The molecular formula is C22H22O12. The van der Waals surface area contributed by atoms with E-state index in [9.17, 15) is 40.5 Å². The zero-order chi connectivity index (χ0) is 24.9. The summed E-state index contributed by atoms with van der Waals surface area (Å²) in [5.74, 6) is -3.43. The summed E-state index contributed by atoms with van der Waals surface area (Å²) >= 11 is 0. The molecule has 0 amide bonds. The largest absolute Gasteiger partial charge is 0.507 e. The molecule has 1 aromatic heterocycles. The van der Waals surface area contributed by atoms with Gasteiger partial charge in [0.15, 0.2) is 28.6 Å². The van der Waals surface area contributed by atoms with E-state index in [2.05, 4.69) is 0 Å². The van der Waals surface area contributed by atoms with Gasteiger partial charge in [0.25, 0.3) is 0 Å². The van der Waals surface area contributed by atoms with Crippen LogP contribution in [0.4, 0.5) is 0 Å². The molecule has 3 aromatic rings. The average molecular weight is 478 g/mol. The summed E-state index contributed by atoms with van der Waals surface area (Å²) < 4.78 is 21.7. The first-order valence-electron chi connectivity index (χ1n) is 10.0. The molecule has 0 spiro atoms. The van der Waals surface area contributed by atoms with Gasteiger partial charge in [-0.05, 0) is 25.1 Å². The van der Waals surface area contributed by atoms with Crippen molar-refractivity contribution in [3.05, 3.63) is 34.5 Å². The number of hydrogen-bond acceptors (Lipinski definition) is 12. The fourth-order valence-corrected chi connectivity index (χ4v) is 3.64. The summed E-state index contributed by atoms with van der Waals surface area (Å²) in [5, 5.41) is 70.3. The Hall–Kier alpha value is -3.71.